The molecule has 1 aliphatic rings. The first-order chi connectivity index (χ1) is 9.63. The van der Waals surface area contributed by atoms with Crippen molar-refractivity contribution >= 4 is 17.6 Å². The predicted molar refractivity (Wildman–Crippen MR) is 76.7 cm³/mol. The summed E-state index contributed by atoms with van der Waals surface area (Å²) in [5, 5.41) is 12.2. The number of carbonyl (C=O) groups is 2. The van der Waals surface area contributed by atoms with Crippen LogP contribution in [0.25, 0.3) is 0 Å². The lowest BCUT2D eigenvalue weighted by atomic mass is 9.89. The third-order valence-electron chi connectivity index (χ3n) is 3.37. The van der Waals surface area contributed by atoms with Crippen LogP contribution in [0.15, 0.2) is 36.9 Å². The average Bonchev–Trinajstić information content (AvgIpc) is 2.45. The van der Waals surface area contributed by atoms with Gasteiger partial charge in [-0.25, -0.2) is 0 Å². The highest BCUT2D eigenvalue weighted by molar-refractivity contribution is 5.88. The number of nitrogens with one attached hydrogen (secondary N) is 1. The highest BCUT2D eigenvalue weighted by atomic mass is 16.4. The van der Waals surface area contributed by atoms with Crippen LogP contribution in [0, 0.1) is 0 Å². The summed E-state index contributed by atoms with van der Waals surface area (Å²) in [6, 6.07) is 7.65. The highest BCUT2D eigenvalue weighted by Gasteiger charge is 2.30. The minimum Gasteiger partial charge on any atom is -0.480 e. The lowest BCUT2D eigenvalue weighted by Gasteiger charge is -2.30. The summed E-state index contributed by atoms with van der Waals surface area (Å²) in [6.07, 6.45) is 2.22. The van der Waals surface area contributed by atoms with Gasteiger partial charge < -0.3 is 15.3 Å². The van der Waals surface area contributed by atoms with Crippen LogP contribution in [0.5, 0.6) is 0 Å². The van der Waals surface area contributed by atoms with E-state index in [4.69, 9.17) is 5.11 Å². The number of hydrogen-bond acceptors (Lipinski definition) is 3. The van der Waals surface area contributed by atoms with Crippen molar-refractivity contribution in [1.82, 2.24) is 4.90 Å². The van der Waals surface area contributed by atoms with Crippen LogP contribution in [0.1, 0.15) is 17.9 Å². The van der Waals surface area contributed by atoms with Gasteiger partial charge in [0, 0.05) is 18.8 Å². The van der Waals surface area contributed by atoms with E-state index in [1.807, 2.05) is 24.3 Å². The second kappa shape index (κ2) is 6.23. The largest absolute Gasteiger partial charge is 0.480 e. The summed E-state index contributed by atoms with van der Waals surface area (Å²) >= 11 is 0. The molecule has 1 heterocycles. The Labute approximate surface area is 117 Å². The highest BCUT2D eigenvalue weighted by Crippen LogP contribution is 2.32. The van der Waals surface area contributed by atoms with E-state index in [9.17, 15) is 9.59 Å². The minimum atomic E-state index is -1.01. The van der Waals surface area contributed by atoms with Gasteiger partial charge in [0.25, 0.3) is 0 Å². The normalized spacial score (nSPS) is 16.7. The average molecular weight is 274 g/mol. The molecule has 0 aliphatic carbocycles. The Morgan fingerprint density at radius 3 is 2.90 bits per heavy atom. The smallest absolute Gasteiger partial charge is 0.323 e. The van der Waals surface area contributed by atoms with Crippen LogP contribution in [0.2, 0.25) is 0 Å². The number of nitrogens with zero attached hydrogens (tertiary/aromatic N) is 1. The van der Waals surface area contributed by atoms with Crippen LogP contribution in [-0.4, -0.2) is 41.5 Å². The molecule has 5 heteroatoms. The number of benzene rings is 1. The zero-order valence-electron chi connectivity index (χ0n) is 11.2. The topological polar surface area (TPSA) is 69.6 Å². The van der Waals surface area contributed by atoms with Gasteiger partial charge in [-0.15, -0.1) is 6.58 Å². The molecule has 1 unspecified atom stereocenters. The molecule has 5 nitrogen and oxygen atoms in total. The van der Waals surface area contributed by atoms with Gasteiger partial charge in [-0.05, 0) is 18.1 Å². The number of para-hydroxylation sites is 1. The molecule has 20 heavy (non-hydrogen) atoms. The number of aliphatic carboxylic acids is 1. The van der Waals surface area contributed by atoms with E-state index in [1.165, 1.54) is 4.90 Å². The summed E-state index contributed by atoms with van der Waals surface area (Å²) < 4.78 is 0. The van der Waals surface area contributed by atoms with Crippen molar-refractivity contribution in [3.63, 3.8) is 0 Å². The molecule has 2 N–H and O–H groups in total. The third kappa shape index (κ3) is 2.99. The first kappa shape index (κ1) is 14.1. The molecule has 0 bridgehead atoms. The van der Waals surface area contributed by atoms with Gasteiger partial charge in [-0.2, -0.15) is 0 Å². The number of carboxylic acid groups (broad SMARTS) is 1. The number of carboxylic acids is 1. The van der Waals surface area contributed by atoms with Crippen molar-refractivity contribution in [2.75, 3.05) is 25.0 Å². The summed E-state index contributed by atoms with van der Waals surface area (Å²) in [5.74, 6) is -1.45. The molecule has 1 amide bonds. The van der Waals surface area contributed by atoms with Crippen LogP contribution < -0.4 is 5.32 Å². The van der Waals surface area contributed by atoms with Gasteiger partial charge in [0.05, 0.1) is 5.92 Å². The Morgan fingerprint density at radius 2 is 2.20 bits per heavy atom. The molecule has 1 aliphatic heterocycles. The standard InChI is InChI=1S/C15H18N2O3/c1-2-9-17(10-14(18)19)15(20)12-7-8-16-13-6-4-3-5-11(12)13/h2-6,12,16H,1,7-10H2,(H,18,19). The van der Waals surface area contributed by atoms with Crippen LogP contribution in [0.3, 0.4) is 0 Å². The second-order valence-corrected chi connectivity index (χ2v) is 4.76. The van der Waals surface area contributed by atoms with E-state index in [0.29, 0.717) is 13.0 Å². The van der Waals surface area contributed by atoms with Crippen LogP contribution >= 0.6 is 0 Å². The zero-order chi connectivity index (χ0) is 14.5. The monoisotopic (exact) mass is 274 g/mol. The molecule has 106 valence electrons. The van der Waals surface area contributed by atoms with E-state index in [2.05, 4.69) is 11.9 Å². The summed E-state index contributed by atoms with van der Waals surface area (Å²) in [7, 11) is 0. The molecule has 0 aromatic heterocycles. The fourth-order valence-corrected chi connectivity index (χ4v) is 2.50. The Kier molecular flexibility index (Phi) is 4.40. The van der Waals surface area contributed by atoms with Gasteiger partial charge in [-0.3, -0.25) is 9.59 Å². The van der Waals surface area contributed by atoms with Crippen molar-refractivity contribution in [2.24, 2.45) is 0 Å². The Balaban J connectivity index is 2.23. The van der Waals surface area contributed by atoms with Gasteiger partial charge in [0.15, 0.2) is 0 Å². The lowest BCUT2D eigenvalue weighted by Crippen LogP contribution is -2.40. The van der Waals surface area contributed by atoms with E-state index in [1.54, 1.807) is 6.08 Å². The summed E-state index contributed by atoms with van der Waals surface area (Å²) in [4.78, 5) is 24.8. The summed E-state index contributed by atoms with van der Waals surface area (Å²) in [6.45, 7) is 4.24. The van der Waals surface area contributed by atoms with Crippen LogP contribution in [-0.2, 0) is 9.59 Å². The lowest BCUT2D eigenvalue weighted by molar-refractivity contribution is -0.144. The number of hydrogen-bond donors (Lipinski definition) is 2. The van der Waals surface area contributed by atoms with Crippen molar-refractivity contribution in [2.45, 2.75) is 12.3 Å². The molecule has 0 saturated heterocycles. The molecular formula is C15H18N2O3. The maximum absolute atomic E-state index is 12.6. The van der Waals surface area contributed by atoms with Gasteiger partial charge in [0.1, 0.15) is 6.54 Å². The Bertz CT molecular complexity index is 528. The number of fused-ring (bicyclic) bond motifs is 1. The maximum atomic E-state index is 12.6. The second-order valence-electron chi connectivity index (χ2n) is 4.76. The number of rotatable bonds is 5. The van der Waals surface area contributed by atoms with E-state index < -0.39 is 5.97 Å². The van der Waals surface area contributed by atoms with Gasteiger partial charge in [-0.1, -0.05) is 24.3 Å². The van der Waals surface area contributed by atoms with E-state index in [0.717, 1.165) is 11.3 Å². The van der Waals surface area contributed by atoms with Gasteiger partial charge >= 0.3 is 5.97 Å². The molecule has 1 aromatic rings. The minimum absolute atomic E-state index is 0.152. The number of carbonyl (C=O) groups excluding carboxylic acids is 1. The zero-order valence-corrected chi connectivity index (χ0v) is 11.2. The number of amides is 1. The molecule has 1 aromatic carbocycles. The fourth-order valence-electron chi connectivity index (χ4n) is 2.50. The quantitative estimate of drug-likeness (QED) is 0.802. The van der Waals surface area contributed by atoms with E-state index >= 15 is 0 Å². The maximum Gasteiger partial charge on any atom is 0.323 e. The first-order valence-corrected chi connectivity index (χ1v) is 6.57. The first-order valence-electron chi connectivity index (χ1n) is 6.57. The predicted octanol–water partition coefficient (Wildman–Crippen LogP) is 1.68. The molecular weight excluding hydrogens is 256 g/mol. The van der Waals surface area contributed by atoms with Gasteiger partial charge in [0.2, 0.25) is 5.91 Å². The van der Waals surface area contributed by atoms with Crippen molar-refractivity contribution in [3.8, 4) is 0 Å². The van der Waals surface area contributed by atoms with E-state index in [-0.39, 0.29) is 24.9 Å². The van der Waals surface area contributed by atoms with Crippen molar-refractivity contribution < 1.29 is 14.7 Å². The fraction of sp³-hybridized carbons (Fsp3) is 0.333. The summed E-state index contributed by atoms with van der Waals surface area (Å²) in [5.41, 5.74) is 1.88. The molecule has 0 fully saturated rings. The third-order valence-corrected chi connectivity index (χ3v) is 3.37. The Morgan fingerprint density at radius 1 is 1.45 bits per heavy atom. The van der Waals surface area contributed by atoms with Crippen molar-refractivity contribution in [3.05, 3.63) is 42.5 Å². The molecule has 0 saturated carbocycles. The molecule has 0 spiro atoms. The number of anilines is 1. The Hall–Kier alpha value is -2.30. The molecule has 1 atom stereocenters. The van der Waals surface area contributed by atoms with Crippen LogP contribution in [0.4, 0.5) is 5.69 Å². The van der Waals surface area contributed by atoms with Crippen molar-refractivity contribution in [1.29, 1.82) is 0 Å². The molecule has 2 rings (SSSR count). The SMILES string of the molecule is C=CCN(CC(=O)O)C(=O)C1CCNc2ccccc21. The molecule has 0 radical (unpaired) electrons.